The molecule has 1 spiro atoms. The van der Waals surface area contributed by atoms with Gasteiger partial charge in [-0.25, -0.2) is 4.98 Å². The molecule has 0 bridgehead atoms. The Balaban J connectivity index is 1.66. The molecule has 1 fully saturated rings. The SMILES string of the molecule is COCCC(=O)N1CCC2(CC1)Oc1ccccc1-c1ncn(CC(C)C)c12. The molecule has 0 radical (unpaired) electrons. The number of likely N-dealkylation sites (tertiary alicyclic amines) is 1. The summed E-state index contributed by atoms with van der Waals surface area (Å²) in [5, 5.41) is 0. The fraction of sp³-hybridized carbons (Fsp3) is 0.545. The highest BCUT2D eigenvalue weighted by Gasteiger charge is 2.47. The van der Waals surface area contributed by atoms with E-state index in [0.717, 1.165) is 36.4 Å². The molecule has 1 aromatic heterocycles. The van der Waals surface area contributed by atoms with E-state index in [1.807, 2.05) is 29.4 Å². The maximum atomic E-state index is 12.4. The number of carbonyl (C=O) groups is 1. The molecule has 0 unspecified atom stereocenters. The second-order valence-corrected chi connectivity index (χ2v) is 8.20. The molecule has 150 valence electrons. The molecule has 0 saturated carbocycles. The number of piperidine rings is 1. The summed E-state index contributed by atoms with van der Waals surface area (Å²) in [5.41, 5.74) is 2.84. The van der Waals surface area contributed by atoms with Crippen molar-refractivity contribution in [1.29, 1.82) is 0 Å². The van der Waals surface area contributed by atoms with Crippen molar-refractivity contribution in [2.24, 2.45) is 5.92 Å². The van der Waals surface area contributed by atoms with Crippen molar-refractivity contribution < 1.29 is 14.3 Å². The lowest BCUT2D eigenvalue weighted by Crippen LogP contribution is -2.50. The minimum absolute atomic E-state index is 0.156. The van der Waals surface area contributed by atoms with Gasteiger partial charge in [0.15, 0.2) is 5.60 Å². The molecule has 2 aliphatic rings. The third-order valence-electron chi connectivity index (χ3n) is 5.72. The van der Waals surface area contributed by atoms with Crippen LogP contribution >= 0.6 is 0 Å². The van der Waals surface area contributed by atoms with Gasteiger partial charge in [0.2, 0.25) is 5.91 Å². The Morgan fingerprint density at radius 3 is 2.75 bits per heavy atom. The first-order valence-electron chi connectivity index (χ1n) is 10.1. The van der Waals surface area contributed by atoms with Gasteiger partial charge >= 0.3 is 0 Å². The maximum absolute atomic E-state index is 12.4. The average molecular weight is 383 g/mol. The summed E-state index contributed by atoms with van der Waals surface area (Å²) in [7, 11) is 1.63. The lowest BCUT2D eigenvalue weighted by atomic mass is 9.83. The summed E-state index contributed by atoms with van der Waals surface area (Å²) in [5.74, 6) is 1.57. The molecular weight excluding hydrogens is 354 g/mol. The Hall–Kier alpha value is -2.34. The zero-order chi connectivity index (χ0) is 19.7. The van der Waals surface area contributed by atoms with Crippen LogP contribution in [-0.2, 0) is 21.7 Å². The lowest BCUT2D eigenvalue weighted by Gasteiger charge is -2.45. The minimum Gasteiger partial charge on any atom is -0.480 e. The number of aromatic nitrogens is 2. The number of imidazole rings is 1. The molecule has 2 aromatic rings. The smallest absolute Gasteiger partial charge is 0.224 e. The van der Waals surface area contributed by atoms with E-state index in [1.54, 1.807) is 7.11 Å². The van der Waals surface area contributed by atoms with Crippen molar-refractivity contribution in [2.75, 3.05) is 26.8 Å². The number of fused-ring (bicyclic) bond motifs is 4. The summed E-state index contributed by atoms with van der Waals surface area (Å²) in [6.07, 6.45) is 3.94. The van der Waals surface area contributed by atoms with Gasteiger partial charge in [-0.05, 0) is 18.1 Å². The van der Waals surface area contributed by atoms with Gasteiger partial charge in [-0.15, -0.1) is 0 Å². The summed E-state index contributed by atoms with van der Waals surface area (Å²) < 4.78 is 14.0. The van der Waals surface area contributed by atoms with Gasteiger partial charge in [-0.1, -0.05) is 26.0 Å². The number of benzene rings is 1. The Bertz CT molecular complexity index is 850. The van der Waals surface area contributed by atoms with Gasteiger partial charge < -0.3 is 18.9 Å². The molecule has 1 amide bonds. The molecule has 0 aliphatic carbocycles. The highest BCUT2D eigenvalue weighted by Crippen LogP contribution is 2.49. The topological polar surface area (TPSA) is 56.6 Å². The largest absolute Gasteiger partial charge is 0.480 e. The van der Waals surface area contributed by atoms with Crippen LogP contribution in [0.5, 0.6) is 5.75 Å². The lowest BCUT2D eigenvalue weighted by molar-refractivity contribution is -0.136. The van der Waals surface area contributed by atoms with E-state index < -0.39 is 5.60 Å². The highest BCUT2D eigenvalue weighted by atomic mass is 16.5. The molecule has 0 atom stereocenters. The second kappa shape index (κ2) is 7.59. The van der Waals surface area contributed by atoms with Crippen LogP contribution in [0.25, 0.3) is 11.3 Å². The summed E-state index contributed by atoms with van der Waals surface area (Å²) >= 11 is 0. The van der Waals surface area contributed by atoms with Crippen LogP contribution in [0.15, 0.2) is 30.6 Å². The van der Waals surface area contributed by atoms with E-state index in [2.05, 4.69) is 24.5 Å². The molecule has 28 heavy (non-hydrogen) atoms. The van der Waals surface area contributed by atoms with Crippen molar-refractivity contribution in [2.45, 2.75) is 45.3 Å². The fourth-order valence-electron chi connectivity index (χ4n) is 4.40. The van der Waals surface area contributed by atoms with Crippen LogP contribution < -0.4 is 4.74 Å². The summed E-state index contributed by atoms with van der Waals surface area (Å²) in [6, 6.07) is 8.14. The van der Waals surface area contributed by atoms with Crippen molar-refractivity contribution in [1.82, 2.24) is 14.5 Å². The zero-order valence-corrected chi connectivity index (χ0v) is 17.0. The van der Waals surface area contributed by atoms with E-state index in [1.165, 1.54) is 5.69 Å². The molecule has 1 aromatic carbocycles. The Labute approximate surface area is 166 Å². The number of nitrogens with zero attached hydrogens (tertiary/aromatic N) is 3. The third kappa shape index (κ3) is 3.30. The molecule has 3 heterocycles. The molecule has 0 N–H and O–H groups in total. The van der Waals surface area contributed by atoms with Crippen LogP contribution in [-0.4, -0.2) is 47.2 Å². The van der Waals surface area contributed by atoms with Crippen molar-refractivity contribution in [3.05, 3.63) is 36.3 Å². The maximum Gasteiger partial charge on any atom is 0.224 e. The molecular formula is C22H29N3O3. The average Bonchev–Trinajstić information content (AvgIpc) is 3.11. The molecule has 4 rings (SSSR count). The monoisotopic (exact) mass is 383 g/mol. The predicted octanol–water partition coefficient (Wildman–Crippen LogP) is 3.45. The standard InChI is InChI=1S/C22H29N3O3/c1-16(2)14-25-15-23-20-17-6-4-5-7-18(17)28-22(21(20)25)9-11-24(12-10-22)19(26)8-13-27-3/h4-7,15-16H,8-14H2,1-3H3. The van der Waals surface area contributed by atoms with Crippen LogP contribution in [0, 0.1) is 5.92 Å². The van der Waals surface area contributed by atoms with Crippen LogP contribution in [0.2, 0.25) is 0 Å². The number of hydrogen-bond acceptors (Lipinski definition) is 4. The Morgan fingerprint density at radius 2 is 2.04 bits per heavy atom. The van der Waals surface area contributed by atoms with E-state index in [4.69, 9.17) is 14.5 Å². The van der Waals surface area contributed by atoms with Gasteiger partial charge in [0.25, 0.3) is 0 Å². The molecule has 6 nitrogen and oxygen atoms in total. The fourth-order valence-corrected chi connectivity index (χ4v) is 4.40. The molecule has 2 aliphatic heterocycles. The third-order valence-corrected chi connectivity index (χ3v) is 5.72. The van der Waals surface area contributed by atoms with Crippen LogP contribution in [0.3, 0.4) is 0 Å². The number of ether oxygens (including phenoxy) is 2. The first-order valence-corrected chi connectivity index (χ1v) is 10.1. The van der Waals surface area contributed by atoms with Crippen molar-refractivity contribution in [3.63, 3.8) is 0 Å². The zero-order valence-electron chi connectivity index (χ0n) is 17.0. The first-order chi connectivity index (χ1) is 13.5. The number of methoxy groups -OCH3 is 1. The van der Waals surface area contributed by atoms with Gasteiger partial charge in [0.05, 0.1) is 30.7 Å². The highest BCUT2D eigenvalue weighted by molar-refractivity contribution is 5.77. The van der Waals surface area contributed by atoms with Gasteiger partial charge in [-0.3, -0.25) is 4.79 Å². The van der Waals surface area contributed by atoms with E-state index in [9.17, 15) is 4.79 Å². The Morgan fingerprint density at radius 1 is 1.29 bits per heavy atom. The van der Waals surface area contributed by atoms with Gasteiger partial charge in [0.1, 0.15) is 5.75 Å². The second-order valence-electron chi connectivity index (χ2n) is 8.20. The Kier molecular flexibility index (Phi) is 5.15. The van der Waals surface area contributed by atoms with E-state index >= 15 is 0 Å². The van der Waals surface area contributed by atoms with E-state index in [-0.39, 0.29) is 5.91 Å². The van der Waals surface area contributed by atoms with Crippen LogP contribution in [0.1, 0.15) is 38.8 Å². The predicted molar refractivity (Wildman–Crippen MR) is 107 cm³/mol. The summed E-state index contributed by atoms with van der Waals surface area (Å²) in [6.45, 7) is 7.19. The molecule has 6 heteroatoms. The van der Waals surface area contributed by atoms with Crippen molar-refractivity contribution in [3.8, 4) is 17.0 Å². The number of hydrogen-bond donors (Lipinski definition) is 0. The first kappa shape index (κ1) is 19.0. The normalized spacial score (nSPS) is 17.4. The number of amides is 1. The number of rotatable bonds is 5. The van der Waals surface area contributed by atoms with Gasteiger partial charge in [-0.2, -0.15) is 0 Å². The number of para-hydroxylation sites is 1. The van der Waals surface area contributed by atoms with Gasteiger partial charge in [0, 0.05) is 45.1 Å². The van der Waals surface area contributed by atoms with Crippen LogP contribution in [0.4, 0.5) is 0 Å². The van der Waals surface area contributed by atoms with E-state index in [0.29, 0.717) is 32.0 Å². The molecule has 1 saturated heterocycles. The number of carbonyl (C=O) groups excluding carboxylic acids is 1. The van der Waals surface area contributed by atoms with Crippen molar-refractivity contribution >= 4 is 5.91 Å². The minimum atomic E-state index is -0.423. The summed E-state index contributed by atoms with van der Waals surface area (Å²) in [4.78, 5) is 19.1. The quantitative estimate of drug-likeness (QED) is 0.794.